The summed E-state index contributed by atoms with van der Waals surface area (Å²) in [6, 6.07) is 18.3. The molecule has 0 unspecified atom stereocenters. The standard InChI is InChI=1S/C21H20ClN5OS/c22-16-7-4-8-17(13-16)25-9-11-26(12-10-25)18(15-5-2-1-3-6-15)19-20(28)27-21(29-19)23-14-24-27/h1-8,13-14,18,28H,9-12H2/t18-/m1/s1. The molecule has 1 aliphatic rings. The average molecular weight is 426 g/mol. The number of fused-ring (bicyclic) bond motifs is 1. The first-order valence-electron chi connectivity index (χ1n) is 9.51. The number of rotatable bonds is 4. The molecule has 2 aromatic heterocycles. The number of nitrogens with zero attached hydrogens (tertiary/aromatic N) is 5. The quantitative estimate of drug-likeness (QED) is 0.534. The van der Waals surface area contributed by atoms with E-state index in [1.807, 2.05) is 36.4 Å². The molecule has 29 heavy (non-hydrogen) atoms. The van der Waals surface area contributed by atoms with Crippen LogP contribution < -0.4 is 4.90 Å². The number of benzene rings is 2. The van der Waals surface area contributed by atoms with Crippen LogP contribution in [-0.4, -0.2) is 50.8 Å². The van der Waals surface area contributed by atoms with E-state index in [1.54, 1.807) is 0 Å². The number of aromatic hydroxyl groups is 1. The second-order valence-corrected chi connectivity index (χ2v) is 8.51. The first-order valence-corrected chi connectivity index (χ1v) is 10.7. The third-order valence-electron chi connectivity index (χ3n) is 5.36. The number of piperazine rings is 1. The molecule has 148 valence electrons. The lowest BCUT2D eigenvalue weighted by molar-refractivity contribution is 0.211. The normalized spacial score (nSPS) is 16.4. The van der Waals surface area contributed by atoms with Crippen LogP contribution in [0.1, 0.15) is 16.5 Å². The summed E-state index contributed by atoms with van der Waals surface area (Å²) in [5.41, 5.74) is 2.30. The maximum atomic E-state index is 10.8. The van der Waals surface area contributed by atoms with Gasteiger partial charge in [0.1, 0.15) is 6.33 Å². The van der Waals surface area contributed by atoms with Crippen molar-refractivity contribution in [2.75, 3.05) is 31.1 Å². The third kappa shape index (κ3) is 3.46. The van der Waals surface area contributed by atoms with Crippen LogP contribution in [0.25, 0.3) is 4.96 Å². The molecular weight excluding hydrogens is 406 g/mol. The van der Waals surface area contributed by atoms with Crippen molar-refractivity contribution in [2.45, 2.75) is 6.04 Å². The van der Waals surface area contributed by atoms with Gasteiger partial charge >= 0.3 is 0 Å². The number of aromatic nitrogens is 3. The molecular formula is C21H20ClN5OS. The zero-order valence-electron chi connectivity index (χ0n) is 15.6. The summed E-state index contributed by atoms with van der Waals surface area (Å²) in [6.45, 7) is 3.54. The van der Waals surface area contributed by atoms with Crippen molar-refractivity contribution in [3.05, 3.63) is 76.4 Å². The van der Waals surface area contributed by atoms with Gasteiger partial charge in [-0.25, -0.2) is 4.98 Å². The van der Waals surface area contributed by atoms with Crippen LogP contribution in [0.3, 0.4) is 0 Å². The SMILES string of the molecule is Oc1c([C@@H](c2ccccc2)N2CCN(c3cccc(Cl)c3)CC2)sc2ncnn12. The highest BCUT2D eigenvalue weighted by Crippen LogP contribution is 2.40. The highest BCUT2D eigenvalue weighted by atomic mass is 35.5. The predicted octanol–water partition coefficient (Wildman–Crippen LogP) is 4.06. The molecule has 1 fully saturated rings. The lowest BCUT2D eigenvalue weighted by Gasteiger charge is -2.40. The Morgan fingerprint density at radius 2 is 1.79 bits per heavy atom. The molecule has 1 aliphatic heterocycles. The molecule has 5 rings (SSSR count). The molecule has 6 nitrogen and oxygen atoms in total. The Morgan fingerprint density at radius 1 is 1.00 bits per heavy atom. The minimum absolute atomic E-state index is 0.0359. The number of hydrogen-bond donors (Lipinski definition) is 1. The lowest BCUT2D eigenvalue weighted by Crippen LogP contribution is -2.47. The Hall–Kier alpha value is -2.61. The third-order valence-corrected chi connectivity index (χ3v) is 6.68. The number of thiazole rings is 1. The lowest BCUT2D eigenvalue weighted by atomic mass is 10.0. The Kier molecular flexibility index (Phi) is 4.87. The van der Waals surface area contributed by atoms with Gasteiger partial charge in [0.15, 0.2) is 0 Å². The van der Waals surface area contributed by atoms with Crippen LogP contribution >= 0.6 is 22.9 Å². The van der Waals surface area contributed by atoms with Gasteiger partial charge < -0.3 is 10.0 Å². The Morgan fingerprint density at radius 3 is 2.52 bits per heavy atom. The predicted molar refractivity (Wildman–Crippen MR) is 116 cm³/mol. The molecule has 0 saturated carbocycles. The number of hydrogen-bond acceptors (Lipinski definition) is 6. The van der Waals surface area contributed by atoms with Gasteiger partial charge in [-0.05, 0) is 23.8 Å². The molecule has 1 saturated heterocycles. The van der Waals surface area contributed by atoms with Gasteiger partial charge in [0.25, 0.3) is 0 Å². The molecule has 1 N–H and O–H groups in total. The van der Waals surface area contributed by atoms with Crippen LogP contribution in [-0.2, 0) is 0 Å². The summed E-state index contributed by atoms with van der Waals surface area (Å²) in [5.74, 6) is 0.175. The molecule has 0 radical (unpaired) electrons. The van der Waals surface area contributed by atoms with Gasteiger partial charge in [0.2, 0.25) is 10.8 Å². The zero-order valence-corrected chi connectivity index (χ0v) is 17.2. The maximum Gasteiger partial charge on any atom is 0.230 e. The van der Waals surface area contributed by atoms with Gasteiger partial charge in [0, 0.05) is 36.9 Å². The molecule has 3 heterocycles. The Labute approximate surface area is 177 Å². The first-order chi connectivity index (χ1) is 14.2. The van der Waals surface area contributed by atoms with Gasteiger partial charge in [-0.15, -0.1) is 0 Å². The molecule has 0 bridgehead atoms. The fourth-order valence-corrected chi connectivity index (χ4v) is 5.22. The summed E-state index contributed by atoms with van der Waals surface area (Å²) in [5, 5.41) is 15.7. The molecule has 2 aromatic carbocycles. The second-order valence-electron chi connectivity index (χ2n) is 7.06. The van der Waals surface area contributed by atoms with E-state index >= 15 is 0 Å². The monoisotopic (exact) mass is 425 g/mol. The van der Waals surface area contributed by atoms with Crippen molar-refractivity contribution in [3.63, 3.8) is 0 Å². The summed E-state index contributed by atoms with van der Waals surface area (Å²) >= 11 is 7.66. The molecule has 4 aromatic rings. The summed E-state index contributed by atoms with van der Waals surface area (Å²) in [6.07, 6.45) is 1.47. The van der Waals surface area contributed by atoms with Crippen molar-refractivity contribution >= 4 is 33.6 Å². The summed E-state index contributed by atoms with van der Waals surface area (Å²) < 4.78 is 1.51. The second kappa shape index (κ2) is 7.67. The fraction of sp³-hybridized carbons (Fsp3) is 0.238. The first kappa shape index (κ1) is 18.4. The molecule has 8 heteroatoms. The van der Waals surface area contributed by atoms with E-state index in [9.17, 15) is 5.11 Å². The van der Waals surface area contributed by atoms with Crippen LogP contribution in [0, 0.1) is 0 Å². The summed E-state index contributed by atoms with van der Waals surface area (Å²) in [7, 11) is 0. The van der Waals surface area contributed by atoms with E-state index in [4.69, 9.17) is 11.6 Å². The van der Waals surface area contributed by atoms with Crippen molar-refractivity contribution in [2.24, 2.45) is 0 Å². The van der Waals surface area contributed by atoms with Gasteiger partial charge in [-0.3, -0.25) is 4.90 Å². The minimum atomic E-state index is -0.0359. The van der Waals surface area contributed by atoms with Crippen LogP contribution in [0.15, 0.2) is 60.9 Å². The highest BCUT2D eigenvalue weighted by Gasteiger charge is 2.31. The van der Waals surface area contributed by atoms with Crippen molar-refractivity contribution in [1.82, 2.24) is 19.5 Å². The van der Waals surface area contributed by atoms with Crippen LogP contribution in [0.2, 0.25) is 5.02 Å². The van der Waals surface area contributed by atoms with Gasteiger partial charge in [0.05, 0.1) is 10.9 Å². The molecule has 0 aliphatic carbocycles. The maximum absolute atomic E-state index is 10.8. The minimum Gasteiger partial charge on any atom is -0.492 e. The van der Waals surface area contributed by atoms with E-state index in [-0.39, 0.29) is 11.9 Å². The zero-order chi connectivity index (χ0) is 19.8. The van der Waals surface area contributed by atoms with Crippen LogP contribution in [0.5, 0.6) is 5.88 Å². The van der Waals surface area contributed by atoms with Crippen molar-refractivity contribution < 1.29 is 5.11 Å². The van der Waals surface area contributed by atoms with Gasteiger partial charge in [-0.2, -0.15) is 9.61 Å². The number of halogens is 1. The average Bonchev–Trinajstić information content (AvgIpc) is 3.33. The fourth-order valence-electron chi connectivity index (χ4n) is 3.95. The molecule has 0 amide bonds. The summed E-state index contributed by atoms with van der Waals surface area (Å²) in [4.78, 5) is 10.6. The Balaban J connectivity index is 1.45. The van der Waals surface area contributed by atoms with E-state index in [0.29, 0.717) is 4.96 Å². The van der Waals surface area contributed by atoms with Gasteiger partial charge in [-0.1, -0.05) is 59.3 Å². The molecule has 1 atom stereocenters. The Bertz CT molecular complexity index is 1120. The van der Waals surface area contributed by atoms with E-state index in [0.717, 1.165) is 47.3 Å². The van der Waals surface area contributed by atoms with E-state index in [1.165, 1.54) is 22.2 Å². The largest absolute Gasteiger partial charge is 0.492 e. The number of anilines is 1. The van der Waals surface area contributed by atoms with Crippen LogP contribution in [0.4, 0.5) is 5.69 Å². The van der Waals surface area contributed by atoms with Crippen molar-refractivity contribution in [1.29, 1.82) is 0 Å². The van der Waals surface area contributed by atoms with Crippen molar-refractivity contribution in [3.8, 4) is 5.88 Å². The van der Waals surface area contributed by atoms with E-state index in [2.05, 4.69) is 38.1 Å². The topological polar surface area (TPSA) is 56.9 Å². The molecule has 0 spiro atoms. The highest BCUT2D eigenvalue weighted by molar-refractivity contribution is 7.17. The van der Waals surface area contributed by atoms with E-state index < -0.39 is 0 Å². The smallest absolute Gasteiger partial charge is 0.230 e.